The van der Waals surface area contributed by atoms with Crippen molar-refractivity contribution >= 4 is 47.0 Å². The van der Waals surface area contributed by atoms with E-state index in [0.717, 1.165) is 36.0 Å². The first-order chi connectivity index (χ1) is 14.5. The van der Waals surface area contributed by atoms with Gasteiger partial charge in [0.25, 0.3) is 0 Å². The molecule has 0 spiro atoms. The molecule has 0 unspecified atom stereocenters. The van der Waals surface area contributed by atoms with Gasteiger partial charge in [-0.3, -0.25) is 5.10 Å². The van der Waals surface area contributed by atoms with Crippen LogP contribution in [0.2, 0.25) is 10.0 Å². The lowest BCUT2D eigenvalue weighted by Crippen LogP contribution is -2.00. The van der Waals surface area contributed by atoms with Crippen molar-refractivity contribution in [3.63, 3.8) is 0 Å². The van der Waals surface area contributed by atoms with Crippen molar-refractivity contribution in [3.8, 4) is 5.75 Å². The molecular formula is C21H19Cl2N3O3S. The molecule has 0 aliphatic rings. The van der Waals surface area contributed by atoms with Crippen LogP contribution in [0.1, 0.15) is 30.3 Å². The summed E-state index contributed by atoms with van der Waals surface area (Å²) in [6, 6.07) is 12.5. The Morgan fingerprint density at radius 1 is 1.23 bits per heavy atom. The van der Waals surface area contributed by atoms with Crippen molar-refractivity contribution in [3.05, 3.63) is 74.4 Å². The second kappa shape index (κ2) is 10.5. The van der Waals surface area contributed by atoms with Crippen molar-refractivity contribution in [2.75, 3.05) is 0 Å². The molecular weight excluding hydrogens is 445 g/mol. The Kier molecular flexibility index (Phi) is 7.79. The summed E-state index contributed by atoms with van der Waals surface area (Å²) in [4.78, 5) is 16.2. The molecule has 0 bridgehead atoms. The van der Waals surface area contributed by atoms with E-state index in [1.54, 1.807) is 30.3 Å². The number of nitrogens with one attached hydrogen (secondary N) is 1. The predicted molar refractivity (Wildman–Crippen MR) is 119 cm³/mol. The summed E-state index contributed by atoms with van der Waals surface area (Å²) >= 11 is 13.0. The van der Waals surface area contributed by atoms with E-state index in [-0.39, 0.29) is 11.5 Å². The normalized spacial score (nSPS) is 11.5. The maximum absolute atomic E-state index is 11.8. The molecule has 3 aromatic rings. The topological polar surface area (TPSA) is 88.1 Å². The van der Waals surface area contributed by atoms with Crippen LogP contribution < -0.4 is 4.74 Å². The lowest BCUT2D eigenvalue weighted by molar-refractivity contribution is -0.131. The van der Waals surface area contributed by atoms with Crippen LogP contribution in [-0.4, -0.2) is 26.3 Å². The monoisotopic (exact) mass is 463 g/mol. The first-order valence-corrected chi connectivity index (χ1v) is 10.7. The summed E-state index contributed by atoms with van der Waals surface area (Å²) in [5.74, 6) is 0.209. The molecule has 9 heteroatoms. The second-order valence-electron chi connectivity index (χ2n) is 6.31. The standard InChI is InChI=1S/C21H19Cl2N3O3S/c1-2-5-19-24-21(26-25-19)30-18(20(27)28)11-14-6-3-4-7-17(14)29-12-13-8-9-15(22)16(23)10-13/h3-4,6-11H,2,5,12H2,1H3,(H,27,28)(H,24,25,26)/b18-11-. The Morgan fingerprint density at radius 3 is 2.77 bits per heavy atom. The average Bonchev–Trinajstić information content (AvgIpc) is 3.16. The van der Waals surface area contributed by atoms with E-state index in [0.29, 0.717) is 26.5 Å². The van der Waals surface area contributed by atoms with Crippen LogP contribution in [0.25, 0.3) is 6.08 Å². The van der Waals surface area contributed by atoms with E-state index in [2.05, 4.69) is 15.2 Å². The van der Waals surface area contributed by atoms with Crippen LogP contribution in [0.3, 0.4) is 0 Å². The number of carboxylic acids is 1. The van der Waals surface area contributed by atoms with E-state index in [4.69, 9.17) is 27.9 Å². The summed E-state index contributed by atoms with van der Waals surface area (Å²) in [6.07, 6.45) is 3.22. The van der Waals surface area contributed by atoms with Crippen molar-refractivity contribution in [1.29, 1.82) is 0 Å². The van der Waals surface area contributed by atoms with Gasteiger partial charge in [0, 0.05) is 12.0 Å². The minimum Gasteiger partial charge on any atom is -0.488 e. The molecule has 2 N–H and O–H groups in total. The molecule has 0 aliphatic carbocycles. The molecule has 156 valence electrons. The van der Waals surface area contributed by atoms with Gasteiger partial charge in [-0.2, -0.15) is 0 Å². The van der Waals surface area contributed by atoms with Gasteiger partial charge in [0.15, 0.2) is 0 Å². The fourth-order valence-electron chi connectivity index (χ4n) is 2.57. The Morgan fingerprint density at radius 2 is 2.03 bits per heavy atom. The van der Waals surface area contributed by atoms with Gasteiger partial charge in [-0.25, -0.2) is 9.78 Å². The zero-order valence-corrected chi connectivity index (χ0v) is 18.4. The lowest BCUT2D eigenvalue weighted by Gasteiger charge is -2.10. The number of thioether (sulfide) groups is 1. The number of rotatable bonds is 9. The fraction of sp³-hybridized carbons (Fsp3) is 0.190. The summed E-state index contributed by atoms with van der Waals surface area (Å²) in [7, 11) is 0. The highest BCUT2D eigenvalue weighted by Gasteiger charge is 2.15. The molecule has 0 saturated carbocycles. The predicted octanol–water partition coefficient (Wildman–Crippen LogP) is 5.86. The average molecular weight is 464 g/mol. The first-order valence-electron chi connectivity index (χ1n) is 9.16. The number of para-hydroxylation sites is 1. The number of carbonyl (C=O) groups is 1. The maximum Gasteiger partial charge on any atom is 0.342 e. The Balaban J connectivity index is 1.79. The molecule has 0 aliphatic heterocycles. The number of aromatic amines is 1. The van der Waals surface area contributed by atoms with Gasteiger partial charge < -0.3 is 9.84 Å². The first kappa shape index (κ1) is 22.2. The Hall–Kier alpha value is -2.48. The van der Waals surface area contributed by atoms with Crippen molar-refractivity contribution in [2.45, 2.75) is 31.5 Å². The largest absolute Gasteiger partial charge is 0.488 e. The second-order valence-corrected chi connectivity index (χ2v) is 8.13. The number of nitrogens with zero attached hydrogens (tertiary/aromatic N) is 2. The third-order valence-corrected chi connectivity index (χ3v) is 5.61. The molecule has 0 radical (unpaired) electrons. The molecule has 0 fully saturated rings. The number of aryl methyl sites for hydroxylation is 1. The summed E-state index contributed by atoms with van der Waals surface area (Å²) < 4.78 is 5.90. The molecule has 0 amide bonds. The zero-order valence-electron chi connectivity index (χ0n) is 16.1. The lowest BCUT2D eigenvalue weighted by atomic mass is 10.2. The number of halogens is 2. The molecule has 1 heterocycles. The van der Waals surface area contributed by atoms with E-state index < -0.39 is 5.97 Å². The highest BCUT2D eigenvalue weighted by atomic mass is 35.5. The van der Waals surface area contributed by atoms with Gasteiger partial charge in [-0.15, -0.1) is 5.10 Å². The number of H-pyrrole nitrogens is 1. The smallest absolute Gasteiger partial charge is 0.342 e. The van der Waals surface area contributed by atoms with Crippen LogP contribution in [0.4, 0.5) is 0 Å². The highest BCUT2D eigenvalue weighted by molar-refractivity contribution is 8.04. The number of aliphatic carboxylic acids is 1. The van der Waals surface area contributed by atoms with E-state index in [1.807, 2.05) is 25.1 Å². The van der Waals surface area contributed by atoms with Crippen LogP contribution in [0.5, 0.6) is 5.75 Å². The van der Waals surface area contributed by atoms with Crippen LogP contribution in [-0.2, 0) is 17.8 Å². The maximum atomic E-state index is 11.8. The minimum absolute atomic E-state index is 0.0858. The number of hydrogen-bond donors (Lipinski definition) is 2. The van der Waals surface area contributed by atoms with Gasteiger partial charge in [0.2, 0.25) is 5.16 Å². The molecule has 0 atom stereocenters. The fourth-order valence-corrected chi connectivity index (χ4v) is 3.61. The van der Waals surface area contributed by atoms with Crippen molar-refractivity contribution < 1.29 is 14.6 Å². The number of aromatic nitrogens is 3. The molecule has 1 aromatic heterocycles. The molecule has 0 saturated heterocycles. The van der Waals surface area contributed by atoms with Gasteiger partial charge in [-0.05, 0) is 48.0 Å². The van der Waals surface area contributed by atoms with Gasteiger partial charge >= 0.3 is 5.97 Å². The zero-order chi connectivity index (χ0) is 21.5. The number of benzene rings is 2. The van der Waals surface area contributed by atoms with E-state index >= 15 is 0 Å². The third-order valence-electron chi connectivity index (χ3n) is 3.99. The summed E-state index contributed by atoms with van der Waals surface area (Å²) in [5.41, 5.74) is 1.48. The third kappa shape index (κ3) is 6.01. The van der Waals surface area contributed by atoms with E-state index in [1.165, 1.54) is 0 Å². The molecule has 30 heavy (non-hydrogen) atoms. The van der Waals surface area contributed by atoms with Gasteiger partial charge in [-0.1, -0.05) is 54.4 Å². The summed E-state index contributed by atoms with van der Waals surface area (Å²) in [6.45, 7) is 2.30. The van der Waals surface area contributed by atoms with Crippen LogP contribution >= 0.6 is 35.0 Å². The molecule has 6 nitrogen and oxygen atoms in total. The number of hydrogen-bond acceptors (Lipinski definition) is 5. The van der Waals surface area contributed by atoms with Gasteiger partial charge in [0.1, 0.15) is 23.1 Å². The number of ether oxygens (including phenoxy) is 1. The van der Waals surface area contributed by atoms with Crippen LogP contribution in [0, 0.1) is 0 Å². The summed E-state index contributed by atoms with van der Waals surface area (Å²) in [5, 5.41) is 17.8. The minimum atomic E-state index is -1.07. The van der Waals surface area contributed by atoms with Gasteiger partial charge in [0.05, 0.1) is 10.0 Å². The SMILES string of the molecule is CCCc1nc(S/C(=C\c2ccccc2OCc2ccc(Cl)c(Cl)c2)C(=O)O)n[nH]1. The highest BCUT2D eigenvalue weighted by Crippen LogP contribution is 2.30. The van der Waals surface area contributed by atoms with Crippen molar-refractivity contribution in [1.82, 2.24) is 15.2 Å². The Bertz CT molecular complexity index is 1070. The Labute approximate surface area is 188 Å². The van der Waals surface area contributed by atoms with Crippen LogP contribution in [0.15, 0.2) is 52.5 Å². The molecule has 3 rings (SSSR count). The number of carboxylic acid groups (broad SMARTS) is 1. The quantitative estimate of drug-likeness (QED) is 0.305. The van der Waals surface area contributed by atoms with E-state index in [9.17, 15) is 9.90 Å². The molecule has 2 aromatic carbocycles. The van der Waals surface area contributed by atoms with Crippen molar-refractivity contribution in [2.24, 2.45) is 0 Å².